The molecule has 0 atom stereocenters. The normalized spacial score (nSPS) is 10.6. The Labute approximate surface area is 184 Å². The van der Waals surface area contributed by atoms with E-state index in [9.17, 15) is 4.79 Å². The van der Waals surface area contributed by atoms with Gasteiger partial charge < -0.3 is 20.9 Å². The molecule has 0 spiro atoms. The summed E-state index contributed by atoms with van der Waals surface area (Å²) in [5.74, 6) is 1.59. The second-order valence-electron chi connectivity index (χ2n) is 6.30. The first kappa shape index (κ1) is 23.7. The highest BCUT2D eigenvalue weighted by Crippen LogP contribution is 2.09. The van der Waals surface area contributed by atoms with E-state index in [0.29, 0.717) is 12.1 Å². The molecule has 0 unspecified atom stereocenters. The largest absolute Gasteiger partial charge is 0.363 e. The fourth-order valence-corrected chi connectivity index (χ4v) is 2.56. The van der Waals surface area contributed by atoms with E-state index >= 15 is 0 Å². The number of anilines is 1. The summed E-state index contributed by atoms with van der Waals surface area (Å²) in [5, 5.41) is 9.25. The molecule has 0 radical (unpaired) electrons. The van der Waals surface area contributed by atoms with Gasteiger partial charge in [0.2, 0.25) is 0 Å². The van der Waals surface area contributed by atoms with Crippen molar-refractivity contribution < 1.29 is 4.79 Å². The van der Waals surface area contributed by atoms with Crippen LogP contribution in [0.25, 0.3) is 0 Å². The fourth-order valence-electron chi connectivity index (χ4n) is 2.56. The van der Waals surface area contributed by atoms with E-state index in [0.717, 1.165) is 35.9 Å². The summed E-state index contributed by atoms with van der Waals surface area (Å²) in [6.45, 7) is 1.38. The van der Waals surface area contributed by atoms with E-state index in [1.54, 1.807) is 14.1 Å². The number of guanidine groups is 1. The second kappa shape index (κ2) is 12.2. The minimum absolute atomic E-state index is 0. The molecule has 0 aliphatic rings. The Morgan fingerprint density at radius 2 is 1.93 bits per heavy atom. The van der Waals surface area contributed by atoms with Crippen LogP contribution in [0.2, 0.25) is 0 Å². The molecule has 28 heavy (non-hydrogen) atoms. The molecule has 152 valence electrons. The monoisotopic (exact) mass is 496 g/mol. The summed E-state index contributed by atoms with van der Waals surface area (Å²) in [4.78, 5) is 22.3. The Kier molecular flexibility index (Phi) is 10.3. The molecular weight excluding hydrogens is 467 g/mol. The molecule has 0 aliphatic carbocycles. The summed E-state index contributed by atoms with van der Waals surface area (Å²) in [7, 11) is 7.33. The van der Waals surface area contributed by atoms with Gasteiger partial charge in [0.15, 0.2) is 5.96 Å². The van der Waals surface area contributed by atoms with E-state index in [2.05, 4.69) is 25.9 Å². The maximum Gasteiger partial charge on any atom is 0.251 e. The molecule has 2 aromatic rings. The van der Waals surface area contributed by atoms with Gasteiger partial charge in [-0.15, -0.1) is 24.0 Å². The smallest absolute Gasteiger partial charge is 0.251 e. The molecule has 0 saturated carbocycles. The Bertz CT molecular complexity index is 794. The van der Waals surface area contributed by atoms with Gasteiger partial charge in [-0.2, -0.15) is 0 Å². The van der Waals surface area contributed by atoms with Crippen LogP contribution < -0.4 is 20.9 Å². The highest BCUT2D eigenvalue weighted by atomic mass is 127. The predicted molar refractivity (Wildman–Crippen MR) is 126 cm³/mol. The van der Waals surface area contributed by atoms with Crippen molar-refractivity contribution in [2.24, 2.45) is 4.99 Å². The molecule has 8 heteroatoms. The first-order valence-electron chi connectivity index (χ1n) is 8.91. The molecule has 0 aliphatic heterocycles. The molecule has 1 aromatic heterocycles. The molecular formula is C20H29IN6O. The summed E-state index contributed by atoms with van der Waals surface area (Å²) in [6.07, 6.45) is 2.60. The lowest BCUT2D eigenvalue weighted by atomic mass is 10.1. The number of nitrogens with one attached hydrogen (secondary N) is 3. The average Bonchev–Trinajstić information content (AvgIpc) is 2.70. The lowest BCUT2D eigenvalue weighted by Gasteiger charge is -2.14. The summed E-state index contributed by atoms with van der Waals surface area (Å²) >= 11 is 0. The molecule has 0 bridgehead atoms. The number of carbonyl (C=O) groups is 1. The Morgan fingerprint density at radius 1 is 1.14 bits per heavy atom. The maximum atomic E-state index is 11.7. The first-order valence-corrected chi connectivity index (χ1v) is 8.91. The van der Waals surface area contributed by atoms with Crippen LogP contribution in [0.15, 0.2) is 47.6 Å². The van der Waals surface area contributed by atoms with Gasteiger partial charge in [0.25, 0.3) is 5.91 Å². The molecule has 7 nitrogen and oxygen atoms in total. The Morgan fingerprint density at radius 3 is 2.61 bits per heavy atom. The van der Waals surface area contributed by atoms with Crippen LogP contribution in [0.1, 0.15) is 21.5 Å². The van der Waals surface area contributed by atoms with Gasteiger partial charge in [-0.05, 0) is 41.8 Å². The van der Waals surface area contributed by atoms with Gasteiger partial charge >= 0.3 is 0 Å². The third kappa shape index (κ3) is 7.34. The molecule has 0 saturated heterocycles. The number of pyridine rings is 1. The van der Waals surface area contributed by atoms with Gasteiger partial charge in [0, 0.05) is 53.0 Å². The van der Waals surface area contributed by atoms with Crippen molar-refractivity contribution >= 4 is 41.7 Å². The second-order valence-corrected chi connectivity index (χ2v) is 6.30. The number of hydrogen-bond acceptors (Lipinski definition) is 4. The van der Waals surface area contributed by atoms with Gasteiger partial charge in [-0.1, -0.05) is 12.1 Å². The number of amides is 1. The maximum absolute atomic E-state index is 11.7. The third-order valence-electron chi connectivity index (χ3n) is 4.07. The summed E-state index contributed by atoms with van der Waals surface area (Å²) in [6, 6.07) is 11.7. The zero-order valence-electron chi connectivity index (χ0n) is 16.8. The molecule has 1 heterocycles. The number of halogens is 1. The predicted octanol–water partition coefficient (Wildman–Crippen LogP) is 2.03. The van der Waals surface area contributed by atoms with Crippen molar-refractivity contribution in [2.75, 3.05) is 39.6 Å². The summed E-state index contributed by atoms with van der Waals surface area (Å²) in [5.41, 5.74) is 2.91. The van der Waals surface area contributed by atoms with Crippen molar-refractivity contribution in [1.29, 1.82) is 0 Å². The van der Waals surface area contributed by atoms with Crippen molar-refractivity contribution in [3.63, 3.8) is 0 Å². The zero-order chi connectivity index (χ0) is 19.6. The van der Waals surface area contributed by atoms with Crippen molar-refractivity contribution in [3.8, 4) is 0 Å². The van der Waals surface area contributed by atoms with Crippen LogP contribution in [-0.2, 0) is 13.0 Å². The summed E-state index contributed by atoms with van der Waals surface area (Å²) < 4.78 is 0. The number of nitrogens with zero attached hydrogens (tertiary/aromatic N) is 3. The minimum atomic E-state index is -0.0725. The molecule has 3 N–H and O–H groups in total. The topological polar surface area (TPSA) is 81.6 Å². The van der Waals surface area contributed by atoms with E-state index < -0.39 is 0 Å². The highest BCUT2D eigenvalue weighted by Gasteiger charge is 2.05. The SMILES string of the molecule is CN=C(NCCc1cccc(C(=O)NC)c1)NCc1ccnc(N(C)C)c1.I. The fraction of sp³-hybridized carbons (Fsp3) is 0.350. The lowest BCUT2D eigenvalue weighted by Crippen LogP contribution is -2.37. The Hall–Kier alpha value is -2.36. The van der Waals surface area contributed by atoms with Crippen LogP contribution >= 0.6 is 24.0 Å². The number of benzene rings is 1. The van der Waals surface area contributed by atoms with Crippen molar-refractivity contribution in [3.05, 3.63) is 59.3 Å². The van der Waals surface area contributed by atoms with Crippen LogP contribution in [0, 0.1) is 0 Å². The first-order chi connectivity index (χ1) is 13.0. The molecule has 2 rings (SSSR count). The van der Waals surface area contributed by atoms with Crippen LogP contribution in [0.5, 0.6) is 0 Å². The average molecular weight is 496 g/mol. The third-order valence-corrected chi connectivity index (χ3v) is 4.07. The van der Waals surface area contributed by atoms with Crippen molar-refractivity contribution in [1.82, 2.24) is 20.9 Å². The van der Waals surface area contributed by atoms with Gasteiger partial charge in [0.1, 0.15) is 5.82 Å². The number of hydrogen-bond donors (Lipinski definition) is 3. The van der Waals surface area contributed by atoms with Gasteiger partial charge in [-0.3, -0.25) is 9.79 Å². The number of rotatable bonds is 7. The molecule has 1 aromatic carbocycles. The van der Waals surface area contributed by atoms with Crippen LogP contribution in [0.4, 0.5) is 5.82 Å². The van der Waals surface area contributed by atoms with Gasteiger partial charge in [-0.25, -0.2) is 4.98 Å². The van der Waals surface area contributed by atoms with E-state index in [1.165, 1.54) is 0 Å². The zero-order valence-corrected chi connectivity index (χ0v) is 19.2. The van der Waals surface area contributed by atoms with E-state index in [-0.39, 0.29) is 29.9 Å². The molecule has 1 amide bonds. The quantitative estimate of drug-likeness (QED) is 0.311. The van der Waals surface area contributed by atoms with Crippen LogP contribution in [0.3, 0.4) is 0 Å². The lowest BCUT2D eigenvalue weighted by molar-refractivity contribution is 0.0963. The standard InChI is InChI=1S/C20H28N6O.HI/c1-21-19(27)17-7-5-6-15(12-17)8-11-24-20(22-2)25-14-16-9-10-23-18(13-16)26(3)4;/h5-7,9-10,12-13H,8,11,14H2,1-4H3,(H,21,27)(H2,22,24,25);1H. The van der Waals surface area contributed by atoms with Crippen molar-refractivity contribution in [2.45, 2.75) is 13.0 Å². The number of aliphatic imine (C=N–C) groups is 1. The van der Waals surface area contributed by atoms with E-state index in [1.807, 2.05) is 61.6 Å². The molecule has 0 fully saturated rings. The highest BCUT2D eigenvalue weighted by molar-refractivity contribution is 14.0. The Balaban J connectivity index is 0.00000392. The number of aromatic nitrogens is 1. The van der Waals surface area contributed by atoms with Crippen LogP contribution in [-0.4, -0.2) is 51.6 Å². The van der Waals surface area contributed by atoms with Gasteiger partial charge in [0.05, 0.1) is 0 Å². The van der Waals surface area contributed by atoms with E-state index in [4.69, 9.17) is 0 Å². The minimum Gasteiger partial charge on any atom is -0.363 e. The number of carbonyl (C=O) groups excluding carboxylic acids is 1.